The van der Waals surface area contributed by atoms with Gasteiger partial charge in [-0.2, -0.15) is 0 Å². The van der Waals surface area contributed by atoms with Crippen molar-refractivity contribution in [2.75, 3.05) is 27.6 Å². The highest BCUT2D eigenvalue weighted by molar-refractivity contribution is 6.01. The second kappa shape index (κ2) is 5.56. The standard InChI is InChI=1S/C20H19NO5/c1-23-16-8-11-5-6-21-14(13(11)9-17(16)24-2)7-12-3-4-15-19(26-10-25-15)18(12)20(21)22/h3-4,8-9,14H,5-7,10H2,1-2H3/t14-/m0/s1. The van der Waals surface area contributed by atoms with Gasteiger partial charge in [-0.1, -0.05) is 6.07 Å². The Kier molecular flexibility index (Phi) is 3.29. The first-order valence-corrected chi connectivity index (χ1v) is 8.68. The van der Waals surface area contributed by atoms with Crippen molar-refractivity contribution < 1.29 is 23.7 Å². The first-order chi connectivity index (χ1) is 12.7. The zero-order valence-corrected chi connectivity index (χ0v) is 14.7. The summed E-state index contributed by atoms with van der Waals surface area (Å²) in [6, 6.07) is 7.91. The van der Waals surface area contributed by atoms with Gasteiger partial charge in [0.2, 0.25) is 6.79 Å². The Morgan fingerprint density at radius 3 is 2.69 bits per heavy atom. The zero-order valence-electron chi connectivity index (χ0n) is 14.7. The van der Waals surface area contributed by atoms with Crippen molar-refractivity contribution in [2.24, 2.45) is 0 Å². The molecule has 26 heavy (non-hydrogen) atoms. The Bertz CT molecular complexity index is 923. The Morgan fingerprint density at radius 2 is 1.88 bits per heavy atom. The van der Waals surface area contributed by atoms with Crippen LogP contribution in [0, 0.1) is 0 Å². The third kappa shape index (κ3) is 2.01. The van der Waals surface area contributed by atoms with Crippen molar-refractivity contribution in [1.82, 2.24) is 4.90 Å². The van der Waals surface area contributed by atoms with Gasteiger partial charge in [-0.25, -0.2) is 0 Å². The van der Waals surface area contributed by atoms with E-state index in [1.54, 1.807) is 14.2 Å². The molecule has 0 saturated heterocycles. The van der Waals surface area contributed by atoms with E-state index in [1.807, 2.05) is 29.2 Å². The van der Waals surface area contributed by atoms with Gasteiger partial charge in [-0.15, -0.1) is 0 Å². The largest absolute Gasteiger partial charge is 0.493 e. The van der Waals surface area contributed by atoms with Crippen molar-refractivity contribution in [3.05, 3.63) is 46.5 Å². The Labute approximate surface area is 151 Å². The minimum atomic E-state index is -0.000993. The predicted molar refractivity (Wildman–Crippen MR) is 93.3 cm³/mol. The number of rotatable bonds is 2. The molecule has 0 aliphatic carbocycles. The number of hydrogen-bond donors (Lipinski definition) is 0. The molecule has 3 heterocycles. The van der Waals surface area contributed by atoms with Gasteiger partial charge in [-0.05, 0) is 47.7 Å². The molecule has 2 aromatic rings. The SMILES string of the molecule is COc1cc2c(cc1OC)[C@@H]1Cc3ccc4c(c3C(=O)N1CC2)OCO4. The summed E-state index contributed by atoms with van der Waals surface area (Å²) in [5.41, 5.74) is 4.00. The Balaban J connectivity index is 1.62. The molecule has 0 radical (unpaired) electrons. The minimum absolute atomic E-state index is 0.000993. The van der Waals surface area contributed by atoms with Crippen molar-refractivity contribution in [2.45, 2.75) is 18.9 Å². The summed E-state index contributed by atoms with van der Waals surface area (Å²) in [5.74, 6) is 2.67. The summed E-state index contributed by atoms with van der Waals surface area (Å²) >= 11 is 0. The van der Waals surface area contributed by atoms with Crippen molar-refractivity contribution in [3.63, 3.8) is 0 Å². The van der Waals surface area contributed by atoms with E-state index in [1.165, 1.54) is 5.56 Å². The molecule has 3 aliphatic rings. The maximum Gasteiger partial charge on any atom is 0.258 e. The third-order valence-corrected chi connectivity index (χ3v) is 5.52. The van der Waals surface area contributed by atoms with E-state index >= 15 is 0 Å². The lowest BCUT2D eigenvalue weighted by Gasteiger charge is -2.41. The Morgan fingerprint density at radius 1 is 1.08 bits per heavy atom. The second-order valence-electron chi connectivity index (χ2n) is 6.71. The minimum Gasteiger partial charge on any atom is -0.493 e. The topological polar surface area (TPSA) is 57.2 Å². The number of fused-ring (bicyclic) bond motifs is 6. The van der Waals surface area contributed by atoms with Crippen molar-refractivity contribution in [1.29, 1.82) is 0 Å². The van der Waals surface area contributed by atoms with Gasteiger partial charge in [-0.3, -0.25) is 4.79 Å². The van der Waals surface area contributed by atoms with Crippen LogP contribution in [0.5, 0.6) is 23.0 Å². The van der Waals surface area contributed by atoms with Crippen LogP contribution in [0.3, 0.4) is 0 Å². The first-order valence-electron chi connectivity index (χ1n) is 8.68. The number of carbonyl (C=O) groups excluding carboxylic acids is 1. The maximum absolute atomic E-state index is 13.2. The highest BCUT2D eigenvalue weighted by atomic mass is 16.7. The molecule has 0 aromatic heterocycles. The summed E-state index contributed by atoms with van der Waals surface area (Å²) < 4.78 is 21.9. The lowest BCUT2D eigenvalue weighted by Crippen LogP contribution is -2.44. The number of nitrogens with zero attached hydrogens (tertiary/aromatic N) is 1. The average molecular weight is 353 g/mol. The summed E-state index contributed by atoms with van der Waals surface area (Å²) in [7, 11) is 3.27. The number of amides is 1. The van der Waals surface area contributed by atoms with E-state index in [2.05, 4.69) is 0 Å². The molecule has 1 amide bonds. The smallest absolute Gasteiger partial charge is 0.258 e. The number of carbonyl (C=O) groups is 1. The molecular formula is C20H19NO5. The van der Waals surface area contributed by atoms with Crippen molar-refractivity contribution >= 4 is 5.91 Å². The van der Waals surface area contributed by atoms with Gasteiger partial charge in [0.25, 0.3) is 5.91 Å². The normalized spacial score (nSPS) is 19.5. The average Bonchev–Trinajstić information content (AvgIpc) is 3.15. The fraction of sp³-hybridized carbons (Fsp3) is 0.350. The molecule has 5 rings (SSSR count). The van der Waals surface area contributed by atoms with Crippen LogP contribution in [0.15, 0.2) is 24.3 Å². The highest BCUT2D eigenvalue weighted by Crippen LogP contribution is 2.46. The van der Waals surface area contributed by atoms with Crippen LogP contribution in [0.4, 0.5) is 0 Å². The molecule has 2 aromatic carbocycles. The van der Waals surface area contributed by atoms with Gasteiger partial charge in [0.15, 0.2) is 23.0 Å². The van der Waals surface area contributed by atoms with Crippen LogP contribution >= 0.6 is 0 Å². The highest BCUT2D eigenvalue weighted by Gasteiger charge is 2.40. The van der Waals surface area contributed by atoms with E-state index in [-0.39, 0.29) is 18.7 Å². The molecule has 0 fully saturated rings. The van der Waals surface area contributed by atoms with Gasteiger partial charge < -0.3 is 23.8 Å². The first kappa shape index (κ1) is 15.4. The lowest BCUT2D eigenvalue weighted by atomic mass is 9.83. The summed E-state index contributed by atoms with van der Waals surface area (Å²) in [6.07, 6.45) is 1.54. The molecule has 0 saturated carbocycles. The van der Waals surface area contributed by atoms with Gasteiger partial charge in [0.1, 0.15) is 0 Å². The number of hydrogen-bond acceptors (Lipinski definition) is 5. The van der Waals surface area contributed by atoms with Gasteiger partial charge in [0.05, 0.1) is 25.8 Å². The maximum atomic E-state index is 13.2. The molecule has 0 bridgehead atoms. The van der Waals surface area contributed by atoms with E-state index in [0.29, 0.717) is 29.4 Å². The number of benzene rings is 2. The molecule has 6 heteroatoms. The molecule has 1 atom stereocenters. The third-order valence-electron chi connectivity index (χ3n) is 5.52. The number of methoxy groups -OCH3 is 2. The zero-order chi connectivity index (χ0) is 17.8. The fourth-order valence-corrected chi connectivity index (χ4v) is 4.26. The Hall–Kier alpha value is -2.89. The summed E-state index contributed by atoms with van der Waals surface area (Å²) in [6.45, 7) is 0.846. The molecule has 0 unspecified atom stereocenters. The van der Waals surface area contributed by atoms with Crippen LogP contribution in [-0.2, 0) is 12.8 Å². The molecular weight excluding hydrogens is 334 g/mol. The van der Waals surface area contributed by atoms with E-state index in [4.69, 9.17) is 18.9 Å². The van der Waals surface area contributed by atoms with Crippen LogP contribution in [-0.4, -0.2) is 38.4 Å². The molecule has 3 aliphatic heterocycles. The quantitative estimate of drug-likeness (QED) is 0.831. The summed E-state index contributed by atoms with van der Waals surface area (Å²) in [4.78, 5) is 15.2. The molecule has 0 spiro atoms. The van der Waals surface area contributed by atoms with Crippen LogP contribution in [0.1, 0.15) is 33.1 Å². The van der Waals surface area contributed by atoms with E-state index in [0.717, 1.165) is 29.7 Å². The summed E-state index contributed by atoms with van der Waals surface area (Å²) in [5, 5.41) is 0. The van der Waals surface area contributed by atoms with Crippen LogP contribution in [0.2, 0.25) is 0 Å². The molecule has 134 valence electrons. The van der Waals surface area contributed by atoms with E-state index < -0.39 is 0 Å². The van der Waals surface area contributed by atoms with Gasteiger partial charge >= 0.3 is 0 Å². The fourth-order valence-electron chi connectivity index (χ4n) is 4.26. The molecule has 6 nitrogen and oxygen atoms in total. The number of ether oxygens (including phenoxy) is 4. The lowest BCUT2D eigenvalue weighted by molar-refractivity contribution is 0.0626. The van der Waals surface area contributed by atoms with Crippen molar-refractivity contribution in [3.8, 4) is 23.0 Å². The molecule has 0 N–H and O–H groups in total. The van der Waals surface area contributed by atoms with E-state index in [9.17, 15) is 4.79 Å². The van der Waals surface area contributed by atoms with Crippen LogP contribution in [0.25, 0.3) is 0 Å². The monoisotopic (exact) mass is 353 g/mol. The van der Waals surface area contributed by atoms with Gasteiger partial charge in [0, 0.05) is 6.54 Å². The second-order valence-corrected chi connectivity index (χ2v) is 6.71. The predicted octanol–water partition coefficient (Wildman–Crippen LogP) is 2.73. The van der Waals surface area contributed by atoms with Crippen LogP contribution < -0.4 is 18.9 Å².